The zero-order valence-corrected chi connectivity index (χ0v) is 12.5. The van der Waals surface area contributed by atoms with Gasteiger partial charge >= 0.3 is 0 Å². The summed E-state index contributed by atoms with van der Waals surface area (Å²) in [6.45, 7) is 7.10. The van der Waals surface area contributed by atoms with Crippen molar-refractivity contribution in [2.75, 3.05) is 11.9 Å². The second-order valence-corrected chi connectivity index (χ2v) is 5.42. The average molecular weight is 276 g/mol. The Morgan fingerprint density at radius 2 is 2.05 bits per heavy atom. The molecule has 0 saturated carbocycles. The topological polar surface area (TPSA) is 57.3 Å². The van der Waals surface area contributed by atoms with Crippen LogP contribution in [0.15, 0.2) is 18.2 Å². The van der Waals surface area contributed by atoms with Gasteiger partial charge in [-0.15, -0.1) is 0 Å². The fourth-order valence-electron chi connectivity index (χ4n) is 2.66. The van der Waals surface area contributed by atoms with Crippen LogP contribution in [0.3, 0.4) is 0 Å². The lowest BCUT2D eigenvalue weighted by molar-refractivity contribution is 0.0366. The summed E-state index contributed by atoms with van der Waals surface area (Å²) in [6.07, 6.45) is 3.47. The molecule has 2 atom stereocenters. The lowest BCUT2D eigenvalue weighted by Gasteiger charge is -2.38. The third kappa shape index (κ3) is 3.48. The molecule has 1 aliphatic heterocycles. The van der Waals surface area contributed by atoms with Crippen molar-refractivity contribution in [1.29, 1.82) is 0 Å². The van der Waals surface area contributed by atoms with Crippen LogP contribution in [0, 0.1) is 0 Å². The number of nitrogens with one attached hydrogen (secondary N) is 2. The Labute approximate surface area is 120 Å². The summed E-state index contributed by atoms with van der Waals surface area (Å²) < 4.78 is 0. The van der Waals surface area contributed by atoms with Gasteiger partial charge in [-0.05, 0) is 45.7 Å². The largest absolute Gasteiger partial charge is 0.370 e. The molecule has 1 saturated heterocycles. The molecule has 1 amide bonds. The van der Waals surface area contributed by atoms with E-state index in [1.54, 1.807) is 6.07 Å². The van der Waals surface area contributed by atoms with Gasteiger partial charge in [0, 0.05) is 18.6 Å². The highest BCUT2D eigenvalue weighted by Gasteiger charge is 2.26. The van der Waals surface area contributed by atoms with Crippen molar-refractivity contribution < 1.29 is 4.79 Å². The van der Waals surface area contributed by atoms with E-state index in [0.717, 1.165) is 25.2 Å². The normalized spacial score (nSPS) is 23.4. The summed E-state index contributed by atoms with van der Waals surface area (Å²) >= 11 is 0. The van der Waals surface area contributed by atoms with E-state index in [-0.39, 0.29) is 5.91 Å². The van der Waals surface area contributed by atoms with Gasteiger partial charge in [-0.25, -0.2) is 9.99 Å². The van der Waals surface area contributed by atoms with E-state index in [1.807, 2.05) is 19.1 Å². The molecule has 1 aliphatic rings. The van der Waals surface area contributed by atoms with Crippen molar-refractivity contribution in [3.8, 4) is 0 Å². The number of rotatable bonds is 4. The van der Waals surface area contributed by atoms with Crippen molar-refractivity contribution in [2.45, 2.75) is 52.1 Å². The molecule has 0 spiro atoms. The Bertz CT molecular complexity index is 453. The summed E-state index contributed by atoms with van der Waals surface area (Å²) in [7, 11) is 0. The predicted octanol–water partition coefficient (Wildman–Crippen LogP) is 2.42. The number of carbonyl (C=O) groups is 1. The molecule has 2 N–H and O–H groups in total. The number of anilines is 1. The molecule has 110 valence electrons. The standard InChI is InChI=1S/C15H24N4O/c1-4-16-14-10-6-9-13(17-14)15(20)18-19-11(2)7-5-8-12(19)3/h6,9-12H,4-5,7-8H2,1-3H3,(H,16,17)(H,18,20). The maximum absolute atomic E-state index is 12.3. The minimum absolute atomic E-state index is 0.134. The van der Waals surface area contributed by atoms with E-state index in [4.69, 9.17) is 0 Å². The minimum atomic E-state index is -0.134. The van der Waals surface area contributed by atoms with E-state index in [9.17, 15) is 4.79 Å². The number of nitrogens with zero attached hydrogens (tertiary/aromatic N) is 2. The van der Waals surface area contributed by atoms with Gasteiger partial charge in [-0.1, -0.05) is 12.5 Å². The molecule has 0 bridgehead atoms. The lowest BCUT2D eigenvalue weighted by Crippen LogP contribution is -2.54. The molecular formula is C15H24N4O. The second-order valence-electron chi connectivity index (χ2n) is 5.42. The number of hydrazine groups is 1. The first-order valence-electron chi connectivity index (χ1n) is 7.42. The highest BCUT2D eigenvalue weighted by molar-refractivity contribution is 5.92. The summed E-state index contributed by atoms with van der Waals surface area (Å²) in [5.74, 6) is 0.602. The maximum atomic E-state index is 12.3. The first-order chi connectivity index (χ1) is 9.61. The molecule has 1 aromatic rings. The molecular weight excluding hydrogens is 252 g/mol. The number of pyridine rings is 1. The van der Waals surface area contributed by atoms with Crippen molar-refractivity contribution in [3.05, 3.63) is 23.9 Å². The number of amides is 1. The van der Waals surface area contributed by atoms with Gasteiger partial charge < -0.3 is 5.32 Å². The summed E-state index contributed by atoms with van der Waals surface area (Å²) in [4.78, 5) is 16.6. The molecule has 5 heteroatoms. The van der Waals surface area contributed by atoms with Gasteiger partial charge in [0.25, 0.3) is 5.91 Å². The van der Waals surface area contributed by atoms with Crippen LogP contribution in [-0.4, -0.2) is 34.5 Å². The van der Waals surface area contributed by atoms with Gasteiger partial charge in [0.05, 0.1) is 0 Å². The predicted molar refractivity (Wildman–Crippen MR) is 80.5 cm³/mol. The van der Waals surface area contributed by atoms with Crippen molar-refractivity contribution in [1.82, 2.24) is 15.4 Å². The maximum Gasteiger partial charge on any atom is 0.284 e. The van der Waals surface area contributed by atoms with Crippen LogP contribution >= 0.6 is 0 Å². The van der Waals surface area contributed by atoms with Gasteiger partial charge in [-0.2, -0.15) is 0 Å². The molecule has 1 fully saturated rings. The highest BCUT2D eigenvalue weighted by atomic mass is 16.2. The average Bonchev–Trinajstić information content (AvgIpc) is 2.43. The zero-order chi connectivity index (χ0) is 14.5. The van der Waals surface area contributed by atoms with Gasteiger partial charge in [0.2, 0.25) is 0 Å². The lowest BCUT2D eigenvalue weighted by atomic mass is 10.00. The fraction of sp³-hybridized carbons (Fsp3) is 0.600. The van der Waals surface area contributed by atoms with E-state index in [2.05, 4.69) is 34.6 Å². The van der Waals surface area contributed by atoms with Crippen LogP contribution in [0.1, 0.15) is 50.5 Å². The van der Waals surface area contributed by atoms with E-state index in [1.165, 1.54) is 6.42 Å². The van der Waals surface area contributed by atoms with Crippen molar-refractivity contribution in [3.63, 3.8) is 0 Å². The van der Waals surface area contributed by atoms with Crippen molar-refractivity contribution >= 4 is 11.7 Å². The smallest absolute Gasteiger partial charge is 0.284 e. The van der Waals surface area contributed by atoms with E-state index in [0.29, 0.717) is 17.8 Å². The Balaban J connectivity index is 2.05. The number of carbonyl (C=O) groups excluding carboxylic acids is 1. The third-order valence-corrected chi connectivity index (χ3v) is 3.76. The van der Waals surface area contributed by atoms with Crippen LogP contribution in [0.25, 0.3) is 0 Å². The molecule has 1 aromatic heterocycles. The Morgan fingerprint density at radius 3 is 2.70 bits per heavy atom. The fourth-order valence-corrected chi connectivity index (χ4v) is 2.66. The zero-order valence-electron chi connectivity index (χ0n) is 12.5. The Hall–Kier alpha value is -1.62. The first kappa shape index (κ1) is 14.8. The molecule has 0 radical (unpaired) electrons. The van der Waals surface area contributed by atoms with Crippen LogP contribution in [0.4, 0.5) is 5.82 Å². The van der Waals surface area contributed by atoms with Gasteiger partial charge in [-0.3, -0.25) is 10.2 Å². The van der Waals surface area contributed by atoms with Gasteiger partial charge in [0.15, 0.2) is 0 Å². The van der Waals surface area contributed by atoms with Gasteiger partial charge in [0.1, 0.15) is 11.5 Å². The van der Waals surface area contributed by atoms with E-state index < -0.39 is 0 Å². The first-order valence-corrected chi connectivity index (χ1v) is 7.42. The molecule has 2 unspecified atom stereocenters. The molecule has 0 aromatic carbocycles. The molecule has 0 aliphatic carbocycles. The Kier molecular flexibility index (Phi) is 4.95. The molecule has 2 rings (SSSR count). The van der Waals surface area contributed by atoms with Crippen LogP contribution in [0.5, 0.6) is 0 Å². The van der Waals surface area contributed by atoms with Crippen LogP contribution in [-0.2, 0) is 0 Å². The summed E-state index contributed by atoms with van der Waals surface area (Å²) in [6, 6.07) is 6.21. The summed E-state index contributed by atoms with van der Waals surface area (Å²) in [5, 5.41) is 5.18. The molecule has 2 heterocycles. The Morgan fingerprint density at radius 1 is 1.35 bits per heavy atom. The van der Waals surface area contributed by atoms with Crippen LogP contribution < -0.4 is 10.7 Å². The minimum Gasteiger partial charge on any atom is -0.370 e. The molecule has 5 nitrogen and oxygen atoms in total. The van der Waals surface area contributed by atoms with E-state index >= 15 is 0 Å². The monoisotopic (exact) mass is 276 g/mol. The number of hydrogen-bond donors (Lipinski definition) is 2. The molecule has 20 heavy (non-hydrogen) atoms. The number of piperidine rings is 1. The third-order valence-electron chi connectivity index (χ3n) is 3.76. The quantitative estimate of drug-likeness (QED) is 0.886. The SMILES string of the molecule is CCNc1cccc(C(=O)NN2C(C)CCCC2C)n1. The number of hydrogen-bond acceptors (Lipinski definition) is 4. The summed E-state index contributed by atoms with van der Waals surface area (Å²) in [5.41, 5.74) is 3.46. The second kappa shape index (κ2) is 6.70. The highest BCUT2D eigenvalue weighted by Crippen LogP contribution is 2.20. The van der Waals surface area contributed by atoms with Crippen molar-refractivity contribution in [2.24, 2.45) is 0 Å². The number of aromatic nitrogens is 1. The van der Waals surface area contributed by atoms with Crippen LogP contribution in [0.2, 0.25) is 0 Å².